The van der Waals surface area contributed by atoms with Crippen LogP contribution in [0.2, 0.25) is 0 Å². The predicted octanol–water partition coefficient (Wildman–Crippen LogP) is 4.35. The van der Waals surface area contributed by atoms with E-state index in [4.69, 9.17) is 0 Å². The molecule has 0 aliphatic carbocycles. The van der Waals surface area contributed by atoms with E-state index >= 15 is 0 Å². The highest BCUT2D eigenvalue weighted by atomic mass is 19.3. The SMILES string of the molecule is CC(C)[C@@H](C)CCC(F)(F)C(C)C. The minimum Gasteiger partial charge on any atom is -0.207 e. The third-order valence-corrected chi connectivity index (χ3v) is 2.92. The van der Waals surface area contributed by atoms with Crippen LogP contribution in [-0.2, 0) is 0 Å². The lowest BCUT2D eigenvalue weighted by molar-refractivity contribution is -0.0573. The molecule has 1 atom stereocenters. The molecule has 0 rings (SSSR count). The van der Waals surface area contributed by atoms with Gasteiger partial charge in [-0.25, -0.2) is 8.78 Å². The average Bonchev–Trinajstić information content (AvgIpc) is 1.99. The molecule has 0 saturated heterocycles. The maximum absolute atomic E-state index is 13.2. The van der Waals surface area contributed by atoms with E-state index in [0.29, 0.717) is 18.3 Å². The lowest BCUT2D eigenvalue weighted by Crippen LogP contribution is -2.24. The topological polar surface area (TPSA) is 0 Å². The van der Waals surface area contributed by atoms with Crippen LogP contribution in [0, 0.1) is 17.8 Å². The van der Waals surface area contributed by atoms with Crippen LogP contribution >= 0.6 is 0 Å². The Bertz CT molecular complexity index is 139. The summed E-state index contributed by atoms with van der Waals surface area (Å²) >= 11 is 0. The van der Waals surface area contributed by atoms with Crippen molar-refractivity contribution in [3.63, 3.8) is 0 Å². The molecule has 0 aliphatic rings. The fraction of sp³-hybridized carbons (Fsp3) is 1.00. The van der Waals surface area contributed by atoms with Crippen LogP contribution in [0.15, 0.2) is 0 Å². The molecular weight excluding hydrogens is 170 g/mol. The first-order valence-electron chi connectivity index (χ1n) is 5.15. The van der Waals surface area contributed by atoms with Gasteiger partial charge in [0.2, 0.25) is 5.92 Å². The van der Waals surface area contributed by atoms with Gasteiger partial charge in [-0.2, -0.15) is 0 Å². The smallest absolute Gasteiger partial charge is 0.207 e. The van der Waals surface area contributed by atoms with Gasteiger partial charge in [0, 0.05) is 12.3 Å². The van der Waals surface area contributed by atoms with Crippen LogP contribution in [0.25, 0.3) is 0 Å². The summed E-state index contributed by atoms with van der Waals surface area (Å²) in [5.74, 6) is -2.12. The van der Waals surface area contributed by atoms with E-state index in [-0.39, 0.29) is 6.42 Å². The van der Waals surface area contributed by atoms with Gasteiger partial charge >= 0.3 is 0 Å². The van der Waals surface area contributed by atoms with Crippen molar-refractivity contribution in [3.05, 3.63) is 0 Å². The van der Waals surface area contributed by atoms with Gasteiger partial charge in [-0.3, -0.25) is 0 Å². The third kappa shape index (κ3) is 4.58. The van der Waals surface area contributed by atoms with Gasteiger partial charge in [0.1, 0.15) is 0 Å². The molecule has 0 radical (unpaired) electrons. The zero-order chi connectivity index (χ0) is 10.6. The van der Waals surface area contributed by atoms with E-state index in [1.807, 2.05) is 6.92 Å². The minimum atomic E-state index is -2.48. The summed E-state index contributed by atoms with van der Waals surface area (Å²) in [6, 6.07) is 0. The molecule has 13 heavy (non-hydrogen) atoms. The van der Waals surface area contributed by atoms with Crippen LogP contribution in [0.5, 0.6) is 0 Å². The van der Waals surface area contributed by atoms with E-state index in [1.165, 1.54) is 0 Å². The van der Waals surface area contributed by atoms with Gasteiger partial charge in [0.05, 0.1) is 0 Å². The third-order valence-electron chi connectivity index (χ3n) is 2.92. The molecule has 0 fully saturated rings. The Labute approximate surface area is 80.7 Å². The Morgan fingerprint density at radius 2 is 1.46 bits per heavy atom. The van der Waals surface area contributed by atoms with Crippen molar-refractivity contribution in [2.45, 2.75) is 53.4 Å². The highest BCUT2D eigenvalue weighted by Gasteiger charge is 2.33. The van der Waals surface area contributed by atoms with E-state index in [0.717, 1.165) is 0 Å². The van der Waals surface area contributed by atoms with E-state index < -0.39 is 11.8 Å². The lowest BCUT2D eigenvalue weighted by atomic mass is 9.89. The van der Waals surface area contributed by atoms with Gasteiger partial charge < -0.3 is 0 Å². The number of rotatable bonds is 5. The summed E-state index contributed by atoms with van der Waals surface area (Å²) in [7, 11) is 0. The maximum Gasteiger partial charge on any atom is 0.250 e. The first-order chi connectivity index (χ1) is 5.77. The van der Waals surface area contributed by atoms with Crippen LogP contribution in [-0.4, -0.2) is 5.92 Å². The number of halogens is 2. The van der Waals surface area contributed by atoms with Gasteiger partial charge in [0.25, 0.3) is 0 Å². The van der Waals surface area contributed by atoms with E-state index in [1.54, 1.807) is 13.8 Å². The second-order valence-electron chi connectivity index (χ2n) is 4.68. The standard InChI is InChI=1S/C11H22F2/c1-8(2)10(5)6-7-11(12,13)9(3)4/h8-10H,6-7H2,1-5H3/t10-/m0/s1. The van der Waals surface area contributed by atoms with E-state index in [9.17, 15) is 8.78 Å². The quantitative estimate of drug-likeness (QED) is 0.607. The second kappa shape index (κ2) is 4.92. The lowest BCUT2D eigenvalue weighted by Gasteiger charge is -2.23. The van der Waals surface area contributed by atoms with Crippen molar-refractivity contribution < 1.29 is 8.78 Å². The minimum absolute atomic E-state index is 0.0318. The molecule has 0 aromatic rings. The van der Waals surface area contributed by atoms with Gasteiger partial charge in [0.15, 0.2) is 0 Å². The van der Waals surface area contributed by atoms with E-state index in [2.05, 4.69) is 13.8 Å². The fourth-order valence-electron chi connectivity index (χ4n) is 1.04. The normalized spacial score (nSPS) is 15.5. The maximum atomic E-state index is 13.2. The summed E-state index contributed by atoms with van der Waals surface area (Å²) in [6.07, 6.45) is 0.660. The molecule has 0 unspecified atom stereocenters. The number of alkyl halides is 2. The Morgan fingerprint density at radius 1 is 1.00 bits per heavy atom. The average molecular weight is 192 g/mol. The predicted molar refractivity (Wildman–Crippen MR) is 53.0 cm³/mol. The molecule has 0 aromatic carbocycles. The van der Waals surface area contributed by atoms with Crippen molar-refractivity contribution in [1.82, 2.24) is 0 Å². The Kier molecular flexibility index (Phi) is 4.87. The zero-order valence-corrected chi connectivity index (χ0v) is 9.40. The summed E-state index contributed by atoms with van der Waals surface area (Å²) in [5.41, 5.74) is 0. The zero-order valence-electron chi connectivity index (χ0n) is 9.40. The Morgan fingerprint density at radius 3 is 1.77 bits per heavy atom. The molecule has 2 heteroatoms. The molecule has 0 saturated carbocycles. The highest BCUT2D eigenvalue weighted by molar-refractivity contribution is 4.72. The van der Waals surface area contributed by atoms with Crippen molar-refractivity contribution in [1.29, 1.82) is 0 Å². The van der Waals surface area contributed by atoms with Crippen LogP contribution in [0.3, 0.4) is 0 Å². The largest absolute Gasteiger partial charge is 0.250 e. The molecule has 0 N–H and O–H groups in total. The Balaban J connectivity index is 3.88. The fourth-order valence-corrected chi connectivity index (χ4v) is 1.04. The second-order valence-corrected chi connectivity index (χ2v) is 4.68. The molecule has 0 bridgehead atoms. The van der Waals surface area contributed by atoms with Crippen LogP contribution < -0.4 is 0 Å². The molecule has 0 spiro atoms. The molecule has 0 nitrogen and oxygen atoms in total. The highest BCUT2D eigenvalue weighted by Crippen LogP contribution is 2.31. The van der Waals surface area contributed by atoms with Crippen molar-refractivity contribution >= 4 is 0 Å². The first kappa shape index (κ1) is 12.9. The molecule has 0 aliphatic heterocycles. The number of hydrogen-bond acceptors (Lipinski definition) is 0. The molecular formula is C11H22F2. The first-order valence-corrected chi connectivity index (χ1v) is 5.15. The van der Waals surface area contributed by atoms with Crippen LogP contribution in [0.1, 0.15) is 47.5 Å². The molecule has 0 heterocycles. The monoisotopic (exact) mass is 192 g/mol. The molecule has 0 aromatic heterocycles. The summed E-state index contributed by atoms with van der Waals surface area (Å²) in [6.45, 7) is 9.37. The van der Waals surface area contributed by atoms with Crippen molar-refractivity contribution in [3.8, 4) is 0 Å². The number of hydrogen-bond donors (Lipinski definition) is 0. The van der Waals surface area contributed by atoms with Crippen molar-refractivity contribution in [2.75, 3.05) is 0 Å². The molecule has 0 amide bonds. The van der Waals surface area contributed by atoms with Crippen molar-refractivity contribution in [2.24, 2.45) is 17.8 Å². The summed E-state index contributed by atoms with van der Waals surface area (Å²) < 4.78 is 26.3. The Hall–Kier alpha value is -0.140. The van der Waals surface area contributed by atoms with Gasteiger partial charge in [-0.05, 0) is 18.3 Å². The van der Waals surface area contributed by atoms with Gasteiger partial charge in [-0.15, -0.1) is 0 Å². The summed E-state index contributed by atoms with van der Waals surface area (Å²) in [5, 5.41) is 0. The summed E-state index contributed by atoms with van der Waals surface area (Å²) in [4.78, 5) is 0. The van der Waals surface area contributed by atoms with Crippen LogP contribution in [0.4, 0.5) is 8.78 Å². The molecule has 80 valence electrons. The van der Waals surface area contributed by atoms with Gasteiger partial charge in [-0.1, -0.05) is 34.6 Å².